The fraction of sp³-hybridized carbons (Fsp3) is 0.462. The number of hydrogen-bond acceptors (Lipinski definition) is 3. The van der Waals surface area contributed by atoms with Crippen molar-refractivity contribution in [3.63, 3.8) is 0 Å². The molecule has 6 heteroatoms. The van der Waals surface area contributed by atoms with Gasteiger partial charge < -0.3 is 4.90 Å². The lowest BCUT2D eigenvalue weighted by Crippen LogP contribution is -2.41. The molecule has 1 fully saturated rings. The lowest BCUT2D eigenvalue weighted by molar-refractivity contribution is 0.0707. The SMILES string of the molecule is CCN(C(=O)c1ccccc1Br)[C@H]1CCS(=O)(=O)C1. The Hall–Kier alpha value is -0.880. The van der Waals surface area contributed by atoms with Gasteiger partial charge in [-0.1, -0.05) is 12.1 Å². The number of benzene rings is 1. The summed E-state index contributed by atoms with van der Waals surface area (Å²) in [5.41, 5.74) is 0.577. The van der Waals surface area contributed by atoms with Gasteiger partial charge in [0.05, 0.1) is 17.1 Å². The van der Waals surface area contributed by atoms with Gasteiger partial charge in [-0.05, 0) is 41.4 Å². The number of amides is 1. The number of sulfone groups is 1. The van der Waals surface area contributed by atoms with Crippen molar-refractivity contribution in [3.8, 4) is 0 Å². The Balaban J connectivity index is 2.24. The molecule has 0 radical (unpaired) electrons. The van der Waals surface area contributed by atoms with E-state index in [1.807, 2.05) is 19.1 Å². The monoisotopic (exact) mass is 345 g/mol. The summed E-state index contributed by atoms with van der Waals surface area (Å²) < 4.78 is 23.8. The molecule has 19 heavy (non-hydrogen) atoms. The van der Waals surface area contributed by atoms with Crippen LogP contribution >= 0.6 is 15.9 Å². The van der Waals surface area contributed by atoms with E-state index in [1.165, 1.54) is 0 Å². The predicted molar refractivity (Wildman–Crippen MR) is 77.9 cm³/mol. The zero-order valence-electron chi connectivity index (χ0n) is 10.7. The van der Waals surface area contributed by atoms with E-state index in [4.69, 9.17) is 0 Å². The fourth-order valence-electron chi connectivity index (χ4n) is 2.38. The molecule has 0 saturated carbocycles. The number of nitrogens with zero attached hydrogens (tertiary/aromatic N) is 1. The highest BCUT2D eigenvalue weighted by Gasteiger charge is 2.34. The van der Waals surface area contributed by atoms with Crippen LogP contribution in [0.4, 0.5) is 0 Å². The molecule has 0 aromatic heterocycles. The van der Waals surface area contributed by atoms with E-state index in [1.54, 1.807) is 17.0 Å². The Morgan fingerprint density at radius 2 is 2.11 bits per heavy atom. The smallest absolute Gasteiger partial charge is 0.255 e. The van der Waals surface area contributed by atoms with E-state index in [0.29, 0.717) is 18.5 Å². The van der Waals surface area contributed by atoms with Crippen LogP contribution in [0.25, 0.3) is 0 Å². The van der Waals surface area contributed by atoms with Crippen molar-refractivity contribution in [3.05, 3.63) is 34.3 Å². The first-order valence-electron chi connectivity index (χ1n) is 6.20. The molecule has 104 valence electrons. The number of carbonyl (C=O) groups is 1. The molecular weight excluding hydrogens is 330 g/mol. The summed E-state index contributed by atoms with van der Waals surface area (Å²) in [7, 11) is -2.98. The lowest BCUT2D eigenvalue weighted by atomic mass is 10.1. The van der Waals surface area contributed by atoms with Gasteiger partial charge in [-0.25, -0.2) is 8.42 Å². The van der Waals surface area contributed by atoms with Gasteiger partial charge in [-0.2, -0.15) is 0 Å². The third-order valence-corrected chi connectivity index (χ3v) is 5.80. The Bertz CT molecular complexity index is 585. The second kappa shape index (κ2) is 5.63. The van der Waals surface area contributed by atoms with Crippen LogP contribution in [0.1, 0.15) is 23.7 Å². The van der Waals surface area contributed by atoms with Crippen molar-refractivity contribution in [2.45, 2.75) is 19.4 Å². The molecule has 1 amide bonds. The molecule has 1 aliphatic heterocycles. The topological polar surface area (TPSA) is 54.5 Å². The van der Waals surface area contributed by atoms with Crippen LogP contribution in [0.3, 0.4) is 0 Å². The van der Waals surface area contributed by atoms with Crippen LogP contribution in [-0.2, 0) is 9.84 Å². The van der Waals surface area contributed by atoms with Crippen LogP contribution < -0.4 is 0 Å². The van der Waals surface area contributed by atoms with E-state index in [-0.39, 0.29) is 23.5 Å². The van der Waals surface area contributed by atoms with Crippen molar-refractivity contribution >= 4 is 31.7 Å². The molecule has 1 atom stereocenters. The third kappa shape index (κ3) is 3.17. The summed E-state index contributed by atoms with van der Waals surface area (Å²) >= 11 is 3.36. The summed E-state index contributed by atoms with van der Waals surface area (Å²) in [6.45, 7) is 2.39. The summed E-state index contributed by atoms with van der Waals surface area (Å²) in [5, 5.41) is 0. The maximum Gasteiger partial charge on any atom is 0.255 e. The van der Waals surface area contributed by atoms with Gasteiger partial charge in [0.25, 0.3) is 5.91 Å². The Labute approximate surface area is 121 Å². The minimum atomic E-state index is -2.98. The van der Waals surface area contributed by atoms with Crippen molar-refractivity contribution < 1.29 is 13.2 Å². The van der Waals surface area contributed by atoms with Crippen LogP contribution in [0.2, 0.25) is 0 Å². The molecule has 0 aliphatic carbocycles. The number of halogens is 1. The van der Waals surface area contributed by atoms with Gasteiger partial charge in [-0.15, -0.1) is 0 Å². The zero-order valence-corrected chi connectivity index (χ0v) is 13.1. The Kier molecular flexibility index (Phi) is 4.30. The molecule has 0 spiro atoms. The van der Waals surface area contributed by atoms with E-state index in [2.05, 4.69) is 15.9 Å². The average Bonchev–Trinajstić information content (AvgIpc) is 2.71. The van der Waals surface area contributed by atoms with Crippen LogP contribution in [0.5, 0.6) is 0 Å². The summed E-state index contributed by atoms with van der Waals surface area (Å²) in [6, 6.07) is 7.01. The normalized spacial score (nSPS) is 21.3. The van der Waals surface area contributed by atoms with Crippen molar-refractivity contribution in [1.29, 1.82) is 0 Å². The highest BCUT2D eigenvalue weighted by molar-refractivity contribution is 9.10. The molecule has 1 heterocycles. The van der Waals surface area contributed by atoms with Crippen molar-refractivity contribution in [2.75, 3.05) is 18.1 Å². The molecule has 1 aliphatic rings. The van der Waals surface area contributed by atoms with Gasteiger partial charge in [0.1, 0.15) is 0 Å². The fourth-order valence-corrected chi connectivity index (χ4v) is 4.56. The summed E-state index contributed by atoms with van der Waals surface area (Å²) in [5.74, 6) is 0.145. The predicted octanol–water partition coefficient (Wildman–Crippen LogP) is 2.10. The second-order valence-corrected chi connectivity index (χ2v) is 7.71. The molecular formula is C13H16BrNO3S. The molecule has 2 rings (SSSR count). The van der Waals surface area contributed by atoms with Crippen molar-refractivity contribution in [2.24, 2.45) is 0 Å². The summed E-state index contributed by atoms with van der Waals surface area (Å²) in [6.07, 6.45) is 0.534. The first kappa shape index (κ1) is 14.5. The molecule has 1 saturated heterocycles. The molecule has 1 aromatic carbocycles. The minimum Gasteiger partial charge on any atom is -0.335 e. The standard InChI is InChI=1S/C13H16BrNO3S/c1-2-15(10-7-8-19(17,18)9-10)13(16)11-5-3-4-6-12(11)14/h3-6,10H,2,7-9H2,1H3/t10-/m0/s1. The summed E-state index contributed by atoms with van der Waals surface area (Å²) in [4.78, 5) is 14.2. The Morgan fingerprint density at radius 1 is 1.42 bits per heavy atom. The van der Waals surface area contributed by atoms with Gasteiger partial charge in [0.15, 0.2) is 9.84 Å². The first-order valence-corrected chi connectivity index (χ1v) is 8.82. The quantitative estimate of drug-likeness (QED) is 0.842. The highest BCUT2D eigenvalue weighted by Crippen LogP contribution is 2.23. The largest absolute Gasteiger partial charge is 0.335 e. The van der Waals surface area contributed by atoms with Gasteiger partial charge >= 0.3 is 0 Å². The van der Waals surface area contributed by atoms with E-state index >= 15 is 0 Å². The third-order valence-electron chi connectivity index (χ3n) is 3.35. The van der Waals surface area contributed by atoms with Crippen LogP contribution in [-0.4, -0.2) is 43.3 Å². The van der Waals surface area contributed by atoms with Crippen molar-refractivity contribution in [1.82, 2.24) is 4.90 Å². The van der Waals surface area contributed by atoms with Gasteiger partial charge in [0, 0.05) is 17.1 Å². The number of carbonyl (C=O) groups excluding carboxylic acids is 1. The number of hydrogen-bond donors (Lipinski definition) is 0. The van der Waals surface area contributed by atoms with Gasteiger partial charge in [0.2, 0.25) is 0 Å². The zero-order chi connectivity index (χ0) is 14.0. The van der Waals surface area contributed by atoms with Crippen LogP contribution in [0, 0.1) is 0 Å². The second-order valence-electron chi connectivity index (χ2n) is 4.63. The molecule has 0 bridgehead atoms. The van der Waals surface area contributed by atoms with E-state index in [0.717, 1.165) is 4.47 Å². The van der Waals surface area contributed by atoms with E-state index < -0.39 is 9.84 Å². The molecule has 4 nitrogen and oxygen atoms in total. The lowest BCUT2D eigenvalue weighted by Gasteiger charge is -2.27. The minimum absolute atomic E-state index is 0.0804. The molecule has 0 unspecified atom stereocenters. The highest BCUT2D eigenvalue weighted by atomic mass is 79.9. The number of rotatable bonds is 3. The van der Waals surface area contributed by atoms with E-state index in [9.17, 15) is 13.2 Å². The average molecular weight is 346 g/mol. The molecule has 0 N–H and O–H groups in total. The van der Waals surface area contributed by atoms with Crippen LogP contribution in [0.15, 0.2) is 28.7 Å². The first-order chi connectivity index (χ1) is 8.94. The van der Waals surface area contributed by atoms with Gasteiger partial charge in [-0.3, -0.25) is 4.79 Å². The Morgan fingerprint density at radius 3 is 2.63 bits per heavy atom. The molecule has 1 aromatic rings. The maximum atomic E-state index is 12.5. The maximum absolute atomic E-state index is 12.5.